The number of hydrogen-bond acceptors (Lipinski definition) is 4. The summed E-state index contributed by atoms with van der Waals surface area (Å²) in [6.07, 6.45) is 0. The van der Waals surface area contributed by atoms with Crippen LogP contribution in [-0.4, -0.2) is 27.3 Å². The van der Waals surface area contributed by atoms with Crippen LogP contribution in [-0.2, 0) is 0 Å². The average molecular weight is 252 g/mol. The van der Waals surface area contributed by atoms with Crippen LogP contribution in [0.3, 0.4) is 0 Å². The summed E-state index contributed by atoms with van der Waals surface area (Å²) < 4.78 is 10.9. The van der Waals surface area contributed by atoms with E-state index in [9.17, 15) is 0 Å². The van der Waals surface area contributed by atoms with Crippen LogP contribution in [0.15, 0.2) is 6.07 Å². The molecule has 1 aromatic carbocycles. The molecule has 0 bridgehead atoms. The quantitative estimate of drug-likeness (QED) is 0.816. The van der Waals surface area contributed by atoms with Gasteiger partial charge in [0.15, 0.2) is 0 Å². The molecule has 102 valence electrons. The molecule has 1 rings (SSSR count). The molecule has 0 amide bonds. The van der Waals surface area contributed by atoms with Gasteiger partial charge in [0.2, 0.25) is 0 Å². The molecule has 0 aliphatic carbocycles. The minimum atomic E-state index is 0.419. The van der Waals surface area contributed by atoms with E-state index in [2.05, 4.69) is 12.2 Å². The molecule has 0 saturated heterocycles. The van der Waals surface area contributed by atoms with Crippen LogP contribution < -0.4 is 20.5 Å². The normalized spacial score (nSPS) is 12.1. The Balaban J connectivity index is 3.05. The van der Waals surface area contributed by atoms with Crippen LogP contribution in [0.4, 0.5) is 5.69 Å². The van der Waals surface area contributed by atoms with Crippen molar-refractivity contribution in [3.63, 3.8) is 0 Å². The highest BCUT2D eigenvalue weighted by Crippen LogP contribution is 2.36. The molecule has 0 radical (unpaired) electrons. The molecule has 3 N–H and O–H groups in total. The summed E-state index contributed by atoms with van der Waals surface area (Å²) in [5.74, 6) is 2.16. The maximum Gasteiger partial charge on any atom is 0.145 e. The number of rotatable bonds is 6. The molecule has 1 aromatic rings. The van der Waals surface area contributed by atoms with Crippen molar-refractivity contribution in [2.24, 2.45) is 11.7 Å². The minimum Gasteiger partial charge on any atom is -0.496 e. The van der Waals surface area contributed by atoms with Gasteiger partial charge < -0.3 is 20.5 Å². The first kappa shape index (κ1) is 14.6. The summed E-state index contributed by atoms with van der Waals surface area (Å²) in [5, 5.41) is 3.37. The van der Waals surface area contributed by atoms with Crippen molar-refractivity contribution < 1.29 is 9.47 Å². The van der Waals surface area contributed by atoms with E-state index in [1.807, 2.05) is 19.9 Å². The van der Waals surface area contributed by atoms with Crippen LogP contribution in [0.25, 0.3) is 0 Å². The van der Waals surface area contributed by atoms with E-state index < -0.39 is 0 Å². The van der Waals surface area contributed by atoms with Gasteiger partial charge >= 0.3 is 0 Å². The second kappa shape index (κ2) is 6.50. The first-order chi connectivity index (χ1) is 8.54. The highest BCUT2D eigenvalue weighted by atomic mass is 16.5. The van der Waals surface area contributed by atoms with Crippen molar-refractivity contribution in [2.45, 2.75) is 20.8 Å². The lowest BCUT2D eigenvalue weighted by molar-refractivity contribution is 0.399. The van der Waals surface area contributed by atoms with Gasteiger partial charge in [-0.3, -0.25) is 0 Å². The van der Waals surface area contributed by atoms with Crippen LogP contribution >= 0.6 is 0 Å². The minimum absolute atomic E-state index is 0.419. The van der Waals surface area contributed by atoms with Gasteiger partial charge in [-0.2, -0.15) is 0 Å². The number of benzene rings is 1. The monoisotopic (exact) mass is 252 g/mol. The van der Waals surface area contributed by atoms with Gasteiger partial charge in [-0.15, -0.1) is 0 Å². The molecule has 1 unspecified atom stereocenters. The predicted molar refractivity (Wildman–Crippen MR) is 75.7 cm³/mol. The van der Waals surface area contributed by atoms with Crippen LogP contribution in [0.5, 0.6) is 11.5 Å². The smallest absolute Gasteiger partial charge is 0.145 e. The molecule has 4 nitrogen and oxygen atoms in total. The number of nitrogens with one attached hydrogen (secondary N) is 1. The van der Waals surface area contributed by atoms with Gasteiger partial charge in [-0.1, -0.05) is 6.92 Å². The Morgan fingerprint density at radius 1 is 1.22 bits per heavy atom. The third-order valence-corrected chi connectivity index (χ3v) is 3.26. The summed E-state index contributed by atoms with van der Waals surface area (Å²) in [6, 6.07) is 1.98. The first-order valence-corrected chi connectivity index (χ1v) is 6.21. The number of methoxy groups -OCH3 is 2. The van der Waals surface area contributed by atoms with E-state index in [0.29, 0.717) is 12.5 Å². The van der Waals surface area contributed by atoms with Gasteiger partial charge in [0.05, 0.1) is 19.9 Å². The summed E-state index contributed by atoms with van der Waals surface area (Å²) in [6.45, 7) is 7.66. The van der Waals surface area contributed by atoms with E-state index in [1.165, 1.54) is 0 Å². The molecule has 0 aliphatic heterocycles. The summed E-state index contributed by atoms with van der Waals surface area (Å²) in [7, 11) is 3.37. The molecule has 1 atom stereocenters. The molecule has 0 heterocycles. The first-order valence-electron chi connectivity index (χ1n) is 6.21. The van der Waals surface area contributed by atoms with Gasteiger partial charge in [-0.05, 0) is 37.4 Å². The van der Waals surface area contributed by atoms with E-state index in [1.54, 1.807) is 14.2 Å². The Morgan fingerprint density at radius 2 is 1.89 bits per heavy atom. The fourth-order valence-corrected chi connectivity index (χ4v) is 1.84. The lowest BCUT2D eigenvalue weighted by Gasteiger charge is -2.19. The Labute approximate surface area is 109 Å². The second-order valence-corrected chi connectivity index (χ2v) is 4.63. The fraction of sp³-hybridized carbons (Fsp3) is 0.571. The zero-order valence-electron chi connectivity index (χ0n) is 12.0. The average Bonchev–Trinajstić information content (AvgIpc) is 2.39. The molecule has 0 saturated carbocycles. The topological polar surface area (TPSA) is 56.5 Å². The summed E-state index contributed by atoms with van der Waals surface area (Å²) in [5.41, 5.74) is 8.78. The van der Waals surface area contributed by atoms with Crippen molar-refractivity contribution in [2.75, 3.05) is 32.6 Å². The molecule has 4 heteroatoms. The van der Waals surface area contributed by atoms with Crippen LogP contribution in [0.1, 0.15) is 18.1 Å². The molecular formula is C14H24N2O2. The van der Waals surface area contributed by atoms with Crippen molar-refractivity contribution in [1.29, 1.82) is 0 Å². The SMILES string of the molecule is COc1cc(NCC(C)CN)c(OC)c(C)c1C. The van der Waals surface area contributed by atoms with E-state index in [4.69, 9.17) is 15.2 Å². The largest absolute Gasteiger partial charge is 0.496 e. The molecule has 0 spiro atoms. The number of nitrogens with two attached hydrogens (primary N) is 1. The lowest BCUT2D eigenvalue weighted by atomic mass is 10.1. The van der Waals surface area contributed by atoms with E-state index >= 15 is 0 Å². The van der Waals surface area contributed by atoms with Crippen LogP contribution in [0, 0.1) is 19.8 Å². The van der Waals surface area contributed by atoms with Gasteiger partial charge in [0.1, 0.15) is 11.5 Å². The Hall–Kier alpha value is -1.42. The standard InChI is InChI=1S/C14H24N2O2/c1-9(7-15)8-16-12-6-13(17-4)10(2)11(3)14(12)18-5/h6,9,16H,7-8,15H2,1-5H3. The van der Waals surface area contributed by atoms with Gasteiger partial charge in [0.25, 0.3) is 0 Å². The molecule has 0 fully saturated rings. The zero-order chi connectivity index (χ0) is 13.7. The maximum atomic E-state index is 5.62. The van der Waals surface area contributed by atoms with Gasteiger partial charge in [0, 0.05) is 12.6 Å². The number of anilines is 1. The molecule has 0 aromatic heterocycles. The van der Waals surface area contributed by atoms with E-state index in [0.717, 1.165) is 34.9 Å². The molecule has 0 aliphatic rings. The third kappa shape index (κ3) is 3.07. The predicted octanol–water partition coefficient (Wildman–Crippen LogP) is 2.33. The lowest BCUT2D eigenvalue weighted by Crippen LogP contribution is -2.20. The molecular weight excluding hydrogens is 228 g/mol. The van der Waals surface area contributed by atoms with E-state index in [-0.39, 0.29) is 0 Å². The van der Waals surface area contributed by atoms with Crippen LogP contribution in [0.2, 0.25) is 0 Å². The number of hydrogen-bond donors (Lipinski definition) is 2. The Morgan fingerprint density at radius 3 is 2.39 bits per heavy atom. The number of ether oxygens (including phenoxy) is 2. The third-order valence-electron chi connectivity index (χ3n) is 3.26. The van der Waals surface area contributed by atoms with Gasteiger partial charge in [-0.25, -0.2) is 0 Å². The maximum absolute atomic E-state index is 5.62. The molecule has 18 heavy (non-hydrogen) atoms. The van der Waals surface area contributed by atoms with Crippen molar-refractivity contribution in [3.8, 4) is 11.5 Å². The fourth-order valence-electron chi connectivity index (χ4n) is 1.84. The van der Waals surface area contributed by atoms with Crippen molar-refractivity contribution >= 4 is 5.69 Å². The Kier molecular flexibility index (Phi) is 5.28. The van der Waals surface area contributed by atoms with Crippen molar-refractivity contribution in [1.82, 2.24) is 0 Å². The van der Waals surface area contributed by atoms with Crippen molar-refractivity contribution in [3.05, 3.63) is 17.2 Å². The summed E-state index contributed by atoms with van der Waals surface area (Å²) >= 11 is 0. The Bertz CT molecular complexity index is 405. The highest BCUT2D eigenvalue weighted by molar-refractivity contribution is 5.66. The highest BCUT2D eigenvalue weighted by Gasteiger charge is 2.14. The second-order valence-electron chi connectivity index (χ2n) is 4.63. The summed E-state index contributed by atoms with van der Waals surface area (Å²) in [4.78, 5) is 0. The zero-order valence-corrected chi connectivity index (χ0v) is 12.0.